The number of nitrogens with zero attached hydrogens (tertiary/aromatic N) is 2. The highest BCUT2D eigenvalue weighted by molar-refractivity contribution is 5.79. The van der Waals surface area contributed by atoms with Gasteiger partial charge in [0.25, 0.3) is 5.69 Å². The highest BCUT2D eigenvalue weighted by atomic mass is 16.6. The molecule has 0 aliphatic carbocycles. The summed E-state index contributed by atoms with van der Waals surface area (Å²) in [7, 11) is 0. The van der Waals surface area contributed by atoms with E-state index >= 15 is 0 Å². The Hall–Kier alpha value is -2.15. The van der Waals surface area contributed by atoms with Gasteiger partial charge in [0.1, 0.15) is 0 Å². The van der Waals surface area contributed by atoms with Gasteiger partial charge in [-0.05, 0) is 13.8 Å². The molecule has 7 heteroatoms. The lowest BCUT2D eigenvalue weighted by Crippen LogP contribution is -2.39. The number of nitro groups is 1. The van der Waals surface area contributed by atoms with Gasteiger partial charge in [0, 0.05) is 25.8 Å². The van der Waals surface area contributed by atoms with Crippen LogP contribution in [-0.4, -0.2) is 37.2 Å². The average molecular weight is 294 g/mol. The van der Waals surface area contributed by atoms with Crippen LogP contribution >= 0.6 is 0 Å². The van der Waals surface area contributed by atoms with Crippen molar-refractivity contribution in [1.29, 1.82) is 0 Å². The molecule has 0 radical (unpaired) electrons. The largest absolute Gasteiger partial charge is 0.380 e. The van der Waals surface area contributed by atoms with Gasteiger partial charge in [0.05, 0.1) is 23.6 Å². The molecule has 0 amide bonds. The van der Waals surface area contributed by atoms with Crippen molar-refractivity contribution in [3.63, 3.8) is 0 Å². The fourth-order valence-electron chi connectivity index (χ4n) is 1.71. The van der Waals surface area contributed by atoms with Crippen LogP contribution in [-0.2, 0) is 11.3 Å². The van der Waals surface area contributed by atoms with E-state index in [-0.39, 0.29) is 17.2 Å². The molecule has 0 aliphatic heterocycles. The van der Waals surface area contributed by atoms with Crippen LogP contribution in [0, 0.1) is 10.1 Å². The molecule has 1 aromatic carbocycles. The first-order valence-corrected chi connectivity index (χ1v) is 7.01. The highest BCUT2D eigenvalue weighted by Crippen LogP contribution is 2.18. The minimum atomic E-state index is -0.389. The number of ether oxygens (including phenoxy) is 1. The zero-order chi connectivity index (χ0) is 15.5. The fraction of sp³-hybridized carbons (Fsp3) is 0.500. The smallest absolute Gasteiger partial charge is 0.274 e. The Morgan fingerprint density at radius 2 is 2.10 bits per heavy atom. The molecular formula is C14H22N4O3. The van der Waals surface area contributed by atoms with Crippen LogP contribution in [0.3, 0.4) is 0 Å². The van der Waals surface area contributed by atoms with Crippen molar-refractivity contribution in [2.24, 2.45) is 4.99 Å². The standard InChI is InChI=1S/C14H22N4O3/c1-3-15-14(16-9-10-21-4-2)17-11-12-7-5-6-8-13(12)18(19)20/h5-8H,3-4,9-11H2,1-2H3,(H2,15,16,17). The number of aliphatic imine (C=N–C) groups is 1. The molecule has 21 heavy (non-hydrogen) atoms. The van der Waals surface area contributed by atoms with E-state index in [9.17, 15) is 10.1 Å². The van der Waals surface area contributed by atoms with E-state index in [1.165, 1.54) is 6.07 Å². The van der Waals surface area contributed by atoms with Gasteiger partial charge >= 0.3 is 0 Å². The monoisotopic (exact) mass is 294 g/mol. The zero-order valence-electron chi connectivity index (χ0n) is 12.5. The number of nitro benzene ring substituents is 1. The highest BCUT2D eigenvalue weighted by Gasteiger charge is 2.11. The molecular weight excluding hydrogens is 272 g/mol. The maximum atomic E-state index is 10.9. The lowest BCUT2D eigenvalue weighted by molar-refractivity contribution is -0.385. The van der Waals surface area contributed by atoms with Crippen LogP contribution in [0.2, 0.25) is 0 Å². The number of nitrogens with one attached hydrogen (secondary N) is 2. The van der Waals surface area contributed by atoms with Gasteiger partial charge < -0.3 is 15.4 Å². The first-order chi connectivity index (χ1) is 10.2. The molecule has 0 unspecified atom stereocenters. The third kappa shape index (κ3) is 6.22. The summed E-state index contributed by atoms with van der Waals surface area (Å²) in [6.07, 6.45) is 0. The van der Waals surface area contributed by atoms with E-state index in [1.54, 1.807) is 18.2 Å². The number of hydrogen-bond donors (Lipinski definition) is 2. The third-order valence-corrected chi connectivity index (χ3v) is 2.68. The fourth-order valence-corrected chi connectivity index (χ4v) is 1.71. The first-order valence-electron chi connectivity index (χ1n) is 7.01. The Kier molecular flexibility index (Phi) is 7.81. The minimum absolute atomic E-state index is 0.0893. The molecule has 7 nitrogen and oxygen atoms in total. The molecule has 0 heterocycles. The van der Waals surface area contributed by atoms with Crippen LogP contribution in [0.25, 0.3) is 0 Å². The minimum Gasteiger partial charge on any atom is -0.380 e. The molecule has 0 atom stereocenters. The Morgan fingerprint density at radius 3 is 2.76 bits per heavy atom. The van der Waals surface area contributed by atoms with Gasteiger partial charge in [-0.3, -0.25) is 10.1 Å². The molecule has 0 aromatic heterocycles. The van der Waals surface area contributed by atoms with Crippen LogP contribution in [0.1, 0.15) is 19.4 Å². The van der Waals surface area contributed by atoms with Crippen molar-refractivity contribution in [2.75, 3.05) is 26.3 Å². The maximum Gasteiger partial charge on any atom is 0.274 e. The van der Waals surface area contributed by atoms with E-state index in [2.05, 4.69) is 15.6 Å². The molecule has 0 spiro atoms. The second-order valence-electron chi connectivity index (χ2n) is 4.20. The number of guanidine groups is 1. The van der Waals surface area contributed by atoms with Gasteiger partial charge in [-0.1, -0.05) is 18.2 Å². The van der Waals surface area contributed by atoms with Gasteiger partial charge in [-0.25, -0.2) is 4.99 Å². The molecule has 0 saturated carbocycles. The third-order valence-electron chi connectivity index (χ3n) is 2.68. The summed E-state index contributed by atoms with van der Waals surface area (Å²) in [5.41, 5.74) is 0.677. The second kappa shape index (κ2) is 9.71. The predicted molar refractivity (Wildman–Crippen MR) is 82.4 cm³/mol. The summed E-state index contributed by atoms with van der Waals surface area (Å²) in [4.78, 5) is 14.9. The Balaban J connectivity index is 2.67. The molecule has 1 aromatic rings. The number of benzene rings is 1. The summed E-state index contributed by atoms with van der Waals surface area (Å²) >= 11 is 0. The van der Waals surface area contributed by atoms with Crippen molar-refractivity contribution in [2.45, 2.75) is 20.4 Å². The first kappa shape index (κ1) is 16.9. The van der Waals surface area contributed by atoms with Crippen molar-refractivity contribution >= 4 is 11.6 Å². The quantitative estimate of drug-likeness (QED) is 0.250. The van der Waals surface area contributed by atoms with Crippen molar-refractivity contribution < 1.29 is 9.66 Å². The maximum absolute atomic E-state index is 10.9. The van der Waals surface area contributed by atoms with E-state index in [4.69, 9.17) is 4.74 Å². The Labute approximate surface area is 124 Å². The zero-order valence-corrected chi connectivity index (χ0v) is 12.5. The molecule has 116 valence electrons. The van der Waals surface area contributed by atoms with Crippen LogP contribution in [0.5, 0.6) is 0 Å². The van der Waals surface area contributed by atoms with E-state index in [0.29, 0.717) is 31.3 Å². The number of rotatable bonds is 8. The van der Waals surface area contributed by atoms with Crippen LogP contribution in [0.4, 0.5) is 5.69 Å². The van der Waals surface area contributed by atoms with Crippen LogP contribution in [0.15, 0.2) is 29.3 Å². The average Bonchev–Trinajstić information content (AvgIpc) is 2.49. The topological polar surface area (TPSA) is 88.8 Å². The van der Waals surface area contributed by atoms with Gasteiger partial charge in [-0.2, -0.15) is 0 Å². The molecule has 0 aliphatic rings. The van der Waals surface area contributed by atoms with E-state index in [1.807, 2.05) is 13.8 Å². The van der Waals surface area contributed by atoms with Gasteiger partial charge in [0.15, 0.2) is 5.96 Å². The second-order valence-corrected chi connectivity index (χ2v) is 4.20. The van der Waals surface area contributed by atoms with Crippen molar-refractivity contribution in [3.8, 4) is 0 Å². The molecule has 0 saturated heterocycles. The van der Waals surface area contributed by atoms with E-state index < -0.39 is 0 Å². The Bertz CT molecular complexity index is 477. The molecule has 1 rings (SSSR count). The molecule has 0 bridgehead atoms. The van der Waals surface area contributed by atoms with Crippen molar-refractivity contribution in [1.82, 2.24) is 10.6 Å². The van der Waals surface area contributed by atoms with E-state index in [0.717, 1.165) is 6.54 Å². The van der Waals surface area contributed by atoms with Crippen LogP contribution < -0.4 is 10.6 Å². The number of hydrogen-bond acceptors (Lipinski definition) is 4. The summed E-state index contributed by atoms with van der Waals surface area (Å²) in [5, 5.41) is 17.2. The normalized spacial score (nSPS) is 11.2. The summed E-state index contributed by atoms with van der Waals surface area (Å²) in [5.74, 6) is 0.621. The SMILES string of the molecule is CCNC(=NCc1ccccc1[N+](=O)[O-])NCCOCC. The van der Waals surface area contributed by atoms with Crippen molar-refractivity contribution in [3.05, 3.63) is 39.9 Å². The predicted octanol–water partition coefficient (Wildman–Crippen LogP) is 1.69. The lowest BCUT2D eigenvalue weighted by atomic mass is 10.2. The summed E-state index contributed by atoms with van der Waals surface area (Å²) in [6, 6.07) is 6.62. The number of para-hydroxylation sites is 1. The van der Waals surface area contributed by atoms with Gasteiger partial charge in [-0.15, -0.1) is 0 Å². The van der Waals surface area contributed by atoms with Gasteiger partial charge in [0.2, 0.25) is 0 Å². The summed E-state index contributed by atoms with van der Waals surface area (Å²) < 4.78 is 5.24. The molecule has 2 N–H and O–H groups in total. The summed E-state index contributed by atoms with van der Waals surface area (Å²) in [6.45, 7) is 6.77. The molecule has 0 fully saturated rings. The lowest BCUT2D eigenvalue weighted by Gasteiger charge is -2.11. The Morgan fingerprint density at radius 1 is 1.33 bits per heavy atom.